The quantitative estimate of drug-likeness (QED) is 0.336. The number of nitrogens with zero attached hydrogens (tertiary/aromatic N) is 2. The Bertz CT molecular complexity index is 1240. The molecular formula is C22H15F3N2OS. The molecule has 7 heteroatoms. The van der Waals surface area contributed by atoms with E-state index in [9.17, 15) is 18.0 Å². The lowest BCUT2D eigenvalue weighted by Crippen LogP contribution is -2.24. The van der Waals surface area contributed by atoms with Gasteiger partial charge in [0.15, 0.2) is 5.16 Å². The smallest absolute Gasteiger partial charge is 0.262 e. The van der Waals surface area contributed by atoms with Crippen molar-refractivity contribution >= 4 is 22.7 Å². The third-order valence-corrected chi connectivity index (χ3v) is 5.48. The molecule has 1 heterocycles. The van der Waals surface area contributed by atoms with Crippen LogP contribution in [0, 0.1) is 17.5 Å². The molecule has 0 atom stereocenters. The molecule has 0 spiro atoms. The molecule has 4 aromatic rings. The molecule has 0 fully saturated rings. The van der Waals surface area contributed by atoms with Crippen molar-refractivity contribution in [3.63, 3.8) is 0 Å². The summed E-state index contributed by atoms with van der Waals surface area (Å²) in [6.45, 7) is 0.200. The molecule has 0 radical (unpaired) electrons. The van der Waals surface area contributed by atoms with Crippen molar-refractivity contribution in [1.29, 1.82) is 0 Å². The van der Waals surface area contributed by atoms with Gasteiger partial charge in [-0.15, -0.1) is 0 Å². The topological polar surface area (TPSA) is 34.9 Å². The van der Waals surface area contributed by atoms with Crippen molar-refractivity contribution in [2.75, 3.05) is 0 Å². The van der Waals surface area contributed by atoms with Gasteiger partial charge in [-0.3, -0.25) is 9.36 Å². The molecule has 29 heavy (non-hydrogen) atoms. The largest absolute Gasteiger partial charge is 0.283 e. The van der Waals surface area contributed by atoms with Gasteiger partial charge >= 0.3 is 0 Å². The van der Waals surface area contributed by atoms with E-state index in [1.165, 1.54) is 40.6 Å². The molecule has 1 aromatic heterocycles. The van der Waals surface area contributed by atoms with Crippen LogP contribution in [0.25, 0.3) is 10.9 Å². The molecule has 146 valence electrons. The third-order valence-electron chi connectivity index (χ3n) is 4.45. The number of benzene rings is 3. The van der Waals surface area contributed by atoms with Gasteiger partial charge < -0.3 is 0 Å². The lowest BCUT2D eigenvalue weighted by atomic mass is 10.2. The number of thioether (sulfide) groups is 1. The molecule has 3 aromatic carbocycles. The second-order valence-electron chi connectivity index (χ2n) is 6.45. The first-order valence-electron chi connectivity index (χ1n) is 8.82. The van der Waals surface area contributed by atoms with E-state index in [4.69, 9.17) is 0 Å². The number of halogens is 3. The zero-order chi connectivity index (χ0) is 20.4. The van der Waals surface area contributed by atoms with E-state index in [2.05, 4.69) is 4.98 Å². The van der Waals surface area contributed by atoms with Crippen LogP contribution < -0.4 is 5.56 Å². The number of hydrogen-bond acceptors (Lipinski definition) is 3. The summed E-state index contributed by atoms with van der Waals surface area (Å²) in [7, 11) is 0. The molecule has 0 aliphatic rings. The van der Waals surface area contributed by atoms with E-state index in [1.807, 2.05) is 0 Å². The number of hydrogen-bond donors (Lipinski definition) is 0. The van der Waals surface area contributed by atoms with E-state index in [0.717, 1.165) is 11.6 Å². The molecule has 4 rings (SSSR count). The van der Waals surface area contributed by atoms with Gasteiger partial charge in [0.1, 0.15) is 17.5 Å². The number of fused-ring (bicyclic) bond motifs is 1. The highest BCUT2D eigenvalue weighted by Gasteiger charge is 2.13. The molecule has 0 bridgehead atoms. The lowest BCUT2D eigenvalue weighted by Gasteiger charge is -2.13. The summed E-state index contributed by atoms with van der Waals surface area (Å²) in [6.07, 6.45) is 0. The monoisotopic (exact) mass is 412 g/mol. The maximum absolute atomic E-state index is 14.0. The maximum Gasteiger partial charge on any atom is 0.262 e. The molecule has 0 N–H and O–H groups in total. The minimum Gasteiger partial charge on any atom is -0.283 e. The standard InChI is InChI=1S/C22H15F3N2OS/c23-16-8-5-14(6-9-16)12-27-21(28)18-3-1-2-4-20(18)26-22(27)29-13-15-7-10-17(24)11-19(15)25/h1-11H,12-13H2. The zero-order valence-electron chi connectivity index (χ0n) is 15.1. The van der Waals surface area contributed by atoms with Crippen molar-refractivity contribution < 1.29 is 13.2 Å². The van der Waals surface area contributed by atoms with Gasteiger partial charge in [0.2, 0.25) is 0 Å². The summed E-state index contributed by atoms with van der Waals surface area (Å²) < 4.78 is 41.8. The summed E-state index contributed by atoms with van der Waals surface area (Å²) in [5.74, 6) is -1.47. The summed E-state index contributed by atoms with van der Waals surface area (Å²) in [5, 5.41) is 0.869. The van der Waals surface area contributed by atoms with Crippen molar-refractivity contribution in [1.82, 2.24) is 9.55 Å². The molecular weight excluding hydrogens is 397 g/mol. The predicted molar refractivity (Wildman–Crippen MR) is 107 cm³/mol. The Labute approximate surface area is 168 Å². The second kappa shape index (κ2) is 8.13. The summed E-state index contributed by atoms with van der Waals surface area (Å²) in [5.41, 5.74) is 1.35. The van der Waals surface area contributed by atoms with Gasteiger partial charge in [-0.25, -0.2) is 18.2 Å². The predicted octanol–water partition coefficient (Wildman–Crippen LogP) is 5.15. The first-order valence-corrected chi connectivity index (χ1v) is 9.80. The van der Waals surface area contributed by atoms with Crippen LogP contribution >= 0.6 is 11.8 Å². The van der Waals surface area contributed by atoms with Crippen molar-refractivity contribution in [2.45, 2.75) is 17.5 Å². The van der Waals surface area contributed by atoms with Crippen LogP contribution in [-0.4, -0.2) is 9.55 Å². The molecule has 0 aliphatic carbocycles. The number of para-hydroxylation sites is 1. The summed E-state index contributed by atoms with van der Waals surface area (Å²) in [4.78, 5) is 17.6. The number of rotatable bonds is 5. The fourth-order valence-electron chi connectivity index (χ4n) is 2.95. The Morgan fingerprint density at radius 3 is 2.38 bits per heavy atom. The van der Waals surface area contributed by atoms with Crippen molar-refractivity contribution in [3.05, 3.63) is 106 Å². The van der Waals surface area contributed by atoms with Crippen LogP contribution in [0.1, 0.15) is 11.1 Å². The van der Waals surface area contributed by atoms with Crippen LogP contribution in [-0.2, 0) is 12.3 Å². The minimum absolute atomic E-state index is 0.181. The Morgan fingerprint density at radius 1 is 0.897 bits per heavy atom. The Hall–Kier alpha value is -3.06. The van der Waals surface area contributed by atoms with Crippen LogP contribution in [0.2, 0.25) is 0 Å². The van der Waals surface area contributed by atoms with Crippen LogP contribution in [0.15, 0.2) is 76.7 Å². The Morgan fingerprint density at radius 2 is 1.62 bits per heavy atom. The molecule has 0 aliphatic heterocycles. The molecule has 0 unspecified atom stereocenters. The average Bonchev–Trinajstić information content (AvgIpc) is 2.71. The highest BCUT2D eigenvalue weighted by molar-refractivity contribution is 7.98. The molecule has 0 saturated carbocycles. The fourth-order valence-corrected chi connectivity index (χ4v) is 3.94. The van der Waals surface area contributed by atoms with E-state index < -0.39 is 11.6 Å². The van der Waals surface area contributed by atoms with Gasteiger partial charge in [0.25, 0.3) is 5.56 Å². The second-order valence-corrected chi connectivity index (χ2v) is 7.40. The highest BCUT2D eigenvalue weighted by atomic mass is 32.2. The molecule has 3 nitrogen and oxygen atoms in total. The van der Waals surface area contributed by atoms with E-state index >= 15 is 0 Å². The molecule has 0 amide bonds. The Balaban J connectivity index is 1.74. The Kier molecular flexibility index (Phi) is 5.40. The van der Waals surface area contributed by atoms with Gasteiger partial charge in [-0.2, -0.15) is 0 Å². The van der Waals surface area contributed by atoms with E-state index in [0.29, 0.717) is 21.6 Å². The third kappa shape index (κ3) is 4.19. The average molecular weight is 412 g/mol. The summed E-state index contributed by atoms with van der Waals surface area (Å²) in [6, 6.07) is 16.2. The van der Waals surface area contributed by atoms with Gasteiger partial charge in [0, 0.05) is 11.8 Å². The highest BCUT2D eigenvalue weighted by Crippen LogP contribution is 2.24. The van der Waals surface area contributed by atoms with Crippen LogP contribution in [0.3, 0.4) is 0 Å². The van der Waals surface area contributed by atoms with Gasteiger partial charge in [-0.05, 0) is 41.5 Å². The van der Waals surface area contributed by atoms with Gasteiger partial charge in [-0.1, -0.05) is 42.1 Å². The van der Waals surface area contributed by atoms with Crippen LogP contribution in [0.5, 0.6) is 0 Å². The molecule has 0 saturated heterocycles. The van der Waals surface area contributed by atoms with E-state index in [1.54, 1.807) is 36.4 Å². The SMILES string of the molecule is O=c1c2ccccc2nc(SCc2ccc(F)cc2F)n1Cc1ccc(F)cc1. The minimum atomic E-state index is -0.647. The first-order chi connectivity index (χ1) is 14.0. The van der Waals surface area contributed by atoms with Gasteiger partial charge in [0.05, 0.1) is 17.4 Å². The lowest BCUT2D eigenvalue weighted by molar-refractivity contribution is 0.576. The first kappa shape index (κ1) is 19.3. The number of aromatic nitrogens is 2. The fraction of sp³-hybridized carbons (Fsp3) is 0.0909. The normalized spacial score (nSPS) is 11.1. The van der Waals surface area contributed by atoms with Crippen LogP contribution in [0.4, 0.5) is 13.2 Å². The van der Waals surface area contributed by atoms with E-state index in [-0.39, 0.29) is 23.7 Å². The van der Waals surface area contributed by atoms with Crippen molar-refractivity contribution in [3.8, 4) is 0 Å². The van der Waals surface area contributed by atoms with Crippen molar-refractivity contribution in [2.24, 2.45) is 0 Å². The summed E-state index contributed by atoms with van der Waals surface area (Å²) >= 11 is 1.19. The zero-order valence-corrected chi connectivity index (χ0v) is 15.9. The maximum atomic E-state index is 14.0.